The molecule has 0 atom stereocenters. The van der Waals surface area contributed by atoms with Gasteiger partial charge in [0.05, 0.1) is 0 Å². The van der Waals surface area contributed by atoms with Crippen molar-refractivity contribution < 1.29 is 23.1 Å². The van der Waals surface area contributed by atoms with Gasteiger partial charge in [-0.3, -0.25) is 4.79 Å². The van der Waals surface area contributed by atoms with Crippen molar-refractivity contribution >= 4 is 17.6 Å². The molecule has 126 valence electrons. The Balaban J connectivity index is 1.92. The maximum absolute atomic E-state index is 13.4. The third kappa shape index (κ3) is 4.38. The van der Waals surface area contributed by atoms with E-state index in [1.165, 1.54) is 0 Å². The van der Waals surface area contributed by atoms with Crippen LogP contribution in [0.5, 0.6) is 0 Å². The van der Waals surface area contributed by atoms with E-state index in [1.807, 2.05) is 12.1 Å². The van der Waals surface area contributed by atoms with Crippen LogP contribution in [0.15, 0.2) is 42.5 Å². The number of hydrogen-bond donors (Lipinski definition) is 1. The van der Waals surface area contributed by atoms with Gasteiger partial charge >= 0.3 is 5.97 Å². The molecule has 0 heterocycles. The first-order chi connectivity index (χ1) is 11.4. The summed E-state index contributed by atoms with van der Waals surface area (Å²) in [5.41, 5.74) is 0.846. The first kappa shape index (κ1) is 17.6. The van der Waals surface area contributed by atoms with Gasteiger partial charge in [0.1, 0.15) is 17.2 Å². The zero-order valence-corrected chi connectivity index (χ0v) is 13.3. The molecule has 24 heavy (non-hydrogen) atoms. The third-order valence-corrected chi connectivity index (χ3v) is 3.36. The van der Waals surface area contributed by atoms with Crippen LogP contribution in [0.25, 0.3) is 0 Å². The topological polar surface area (TPSA) is 55.4 Å². The average molecular weight is 333 g/mol. The summed E-state index contributed by atoms with van der Waals surface area (Å²) in [7, 11) is 0. The van der Waals surface area contributed by atoms with Crippen LogP contribution in [-0.2, 0) is 9.53 Å². The Morgan fingerprint density at radius 1 is 1.04 bits per heavy atom. The largest absolute Gasteiger partial charge is 0.452 e. The molecule has 0 unspecified atom stereocenters. The van der Waals surface area contributed by atoms with Crippen LogP contribution in [0.4, 0.5) is 14.5 Å². The maximum Gasteiger partial charge on any atom is 0.344 e. The number of halogens is 2. The third-order valence-electron chi connectivity index (χ3n) is 3.36. The highest BCUT2D eigenvalue weighted by Gasteiger charge is 2.19. The van der Waals surface area contributed by atoms with Gasteiger partial charge in [0, 0.05) is 5.69 Å². The lowest BCUT2D eigenvalue weighted by Gasteiger charge is -2.09. The van der Waals surface area contributed by atoms with Gasteiger partial charge in [-0.15, -0.1) is 0 Å². The molecule has 4 nitrogen and oxygen atoms in total. The molecule has 0 bridgehead atoms. The molecule has 0 radical (unpaired) electrons. The molecule has 0 saturated heterocycles. The van der Waals surface area contributed by atoms with Gasteiger partial charge in [-0.05, 0) is 35.7 Å². The van der Waals surface area contributed by atoms with Crippen molar-refractivity contribution in [2.75, 3.05) is 11.9 Å². The van der Waals surface area contributed by atoms with Gasteiger partial charge in [0.2, 0.25) is 0 Å². The van der Waals surface area contributed by atoms with E-state index < -0.39 is 35.7 Å². The molecule has 0 aliphatic rings. The van der Waals surface area contributed by atoms with Crippen molar-refractivity contribution in [3.05, 3.63) is 65.2 Å². The number of rotatable bonds is 5. The highest BCUT2D eigenvalue weighted by atomic mass is 19.1. The van der Waals surface area contributed by atoms with Crippen molar-refractivity contribution in [2.24, 2.45) is 0 Å². The Bertz CT molecular complexity index is 722. The Hall–Kier alpha value is -2.76. The molecule has 2 aromatic carbocycles. The summed E-state index contributed by atoms with van der Waals surface area (Å²) in [5, 5.41) is 2.54. The van der Waals surface area contributed by atoms with Gasteiger partial charge in [0.15, 0.2) is 6.61 Å². The molecule has 0 aliphatic carbocycles. The molecule has 0 aliphatic heterocycles. The van der Waals surface area contributed by atoms with E-state index in [2.05, 4.69) is 23.9 Å². The Morgan fingerprint density at radius 3 is 2.17 bits per heavy atom. The summed E-state index contributed by atoms with van der Waals surface area (Å²) in [4.78, 5) is 23.4. The van der Waals surface area contributed by atoms with Crippen molar-refractivity contribution in [3.63, 3.8) is 0 Å². The molecular formula is C18H17F2NO3. The van der Waals surface area contributed by atoms with Crippen LogP contribution in [0.2, 0.25) is 0 Å². The summed E-state index contributed by atoms with van der Waals surface area (Å²) in [5.74, 6) is -3.53. The smallest absolute Gasteiger partial charge is 0.344 e. The highest BCUT2D eigenvalue weighted by molar-refractivity contribution is 5.95. The number of ether oxygens (including phenoxy) is 1. The molecule has 0 fully saturated rings. The quantitative estimate of drug-likeness (QED) is 0.845. The standard InChI is InChI=1S/C18H17F2NO3/c1-11(2)12-6-8-13(9-7-12)21-16(22)10-24-18(23)17-14(19)4-3-5-15(17)20/h3-9,11H,10H2,1-2H3,(H,21,22). The summed E-state index contributed by atoms with van der Waals surface area (Å²) < 4.78 is 31.5. The van der Waals surface area contributed by atoms with E-state index in [1.54, 1.807) is 12.1 Å². The van der Waals surface area contributed by atoms with Crippen LogP contribution in [0.3, 0.4) is 0 Å². The van der Waals surface area contributed by atoms with Crippen LogP contribution in [-0.4, -0.2) is 18.5 Å². The van der Waals surface area contributed by atoms with Crippen molar-refractivity contribution in [1.29, 1.82) is 0 Å². The van der Waals surface area contributed by atoms with Crippen LogP contribution in [0.1, 0.15) is 35.7 Å². The average Bonchev–Trinajstić information content (AvgIpc) is 2.53. The number of benzene rings is 2. The highest BCUT2D eigenvalue weighted by Crippen LogP contribution is 2.17. The van der Waals surface area contributed by atoms with Crippen molar-refractivity contribution in [1.82, 2.24) is 0 Å². The van der Waals surface area contributed by atoms with E-state index >= 15 is 0 Å². The van der Waals surface area contributed by atoms with Gasteiger partial charge in [-0.25, -0.2) is 13.6 Å². The van der Waals surface area contributed by atoms with Gasteiger partial charge in [-0.1, -0.05) is 32.0 Å². The number of hydrogen-bond acceptors (Lipinski definition) is 3. The summed E-state index contributed by atoms with van der Waals surface area (Å²) in [6.45, 7) is 3.46. The lowest BCUT2D eigenvalue weighted by molar-refractivity contribution is -0.119. The zero-order chi connectivity index (χ0) is 17.7. The number of amides is 1. The molecule has 0 saturated carbocycles. The second-order valence-corrected chi connectivity index (χ2v) is 5.50. The molecule has 2 rings (SSSR count). The lowest BCUT2D eigenvalue weighted by atomic mass is 10.0. The minimum absolute atomic E-state index is 0.367. The Morgan fingerprint density at radius 2 is 1.62 bits per heavy atom. The number of anilines is 1. The van der Waals surface area contributed by atoms with E-state index in [0.29, 0.717) is 11.6 Å². The fourth-order valence-corrected chi connectivity index (χ4v) is 2.04. The molecule has 0 aromatic heterocycles. The van der Waals surface area contributed by atoms with Crippen molar-refractivity contribution in [2.45, 2.75) is 19.8 Å². The van der Waals surface area contributed by atoms with Crippen LogP contribution >= 0.6 is 0 Å². The summed E-state index contributed by atoms with van der Waals surface area (Å²) in [6, 6.07) is 10.2. The number of carbonyl (C=O) groups is 2. The predicted octanol–water partition coefficient (Wildman–Crippen LogP) is 3.88. The van der Waals surface area contributed by atoms with Crippen LogP contribution in [0, 0.1) is 11.6 Å². The van der Waals surface area contributed by atoms with Gasteiger partial charge in [0.25, 0.3) is 5.91 Å². The normalized spacial score (nSPS) is 10.5. The first-order valence-corrected chi connectivity index (χ1v) is 7.39. The molecule has 0 spiro atoms. The second-order valence-electron chi connectivity index (χ2n) is 5.50. The van der Waals surface area contributed by atoms with E-state index in [0.717, 1.165) is 23.8 Å². The molecular weight excluding hydrogens is 316 g/mol. The fourth-order valence-electron chi connectivity index (χ4n) is 2.04. The molecule has 1 N–H and O–H groups in total. The number of carbonyl (C=O) groups excluding carboxylic acids is 2. The van der Waals surface area contributed by atoms with Crippen molar-refractivity contribution in [3.8, 4) is 0 Å². The minimum Gasteiger partial charge on any atom is -0.452 e. The molecule has 1 amide bonds. The maximum atomic E-state index is 13.4. The first-order valence-electron chi connectivity index (χ1n) is 7.39. The van der Waals surface area contributed by atoms with E-state index in [4.69, 9.17) is 0 Å². The lowest BCUT2D eigenvalue weighted by Crippen LogP contribution is -2.21. The fraction of sp³-hybridized carbons (Fsp3) is 0.222. The Labute approximate surface area is 138 Å². The minimum atomic E-state index is -1.23. The SMILES string of the molecule is CC(C)c1ccc(NC(=O)COC(=O)c2c(F)cccc2F)cc1. The molecule has 6 heteroatoms. The predicted molar refractivity (Wildman–Crippen MR) is 85.8 cm³/mol. The summed E-state index contributed by atoms with van der Waals surface area (Å²) >= 11 is 0. The van der Waals surface area contributed by atoms with E-state index in [9.17, 15) is 18.4 Å². The Kier molecular flexibility index (Phi) is 5.63. The molecule has 2 aromatic rings. The zero-order valence-electron chi connectivity index (χ0n) is 13.3. The summed E-state index contributed by atoms with van der Waals surface area (Å²) in [6.07, 6.45) is 0. The van der Waals surface area contributed by atoms with E-state index in [-0.39, 0.29) is 0 Å². The second kappa shape index (κ2) is 7.68. The number of nitrogens with one attached hydrogen (secondary N) is 1. The van der Waals surface area contributed by atoms with Crippen LogP contribution < -0.4 is 5.32 Å². The van der Waals surface area contributed by atoms with Gasteiger partial charge < -0.3 is 10.1 Å². The number of esters is 1. The monoisotopic (exact) mass is 333 g/mol. The van der Waals surface area contributed by atoms with Gasteiger partial charge in [-0.2, -0.15) is 0 Å².